The molecule has 2 saturated heterocycles. The number of rotatable bonds is 4. The van der Waals surface area contributed by atoms with Crippen LogP contribution in [0.3, 0.4) is 0 Å². The molecule has 1 aromatic rings. The van der Waals surface area contributed by atoms with Gasteiger partial charge >= 0.3 is 0 Å². The molecule has 0 radical (unpaired) electrons. The molecular weight excluding hydrogens is 282 g/mol. The van der Waals surface area contributed by atoms with Crippen LogP contribution in [0.25, 0.3) is 0 Å². The van der Waals surface area contributed by atoms with Gasteiger partial charge in [0.2, 0.25) is 5.91 Å². The Balaban J connectivity index is 1.52. The van der Waals surface area contributed by atoms with Gasteiger partial charge in [0, 0.05) is 30.7 Å². The fourth-order valence-electron chi connectivity index (χ4n) is 3.12. The molecule has 2 atom stereocenters. The summed E-state index contributed by atoms with van der Waals surface area (Å²) in [5.41, 5.74) is 5.61. The summed E-state index contributed by atoms with van der Waals surface area (Å²) in [5, 5.41) is 3.55. The summed E-state index contributed by atoms with van der Waals surface area (Å²) in [6.45, 7) is 1.57. The van der Waals surface area contributed by atoms with E-state index in [0.29, 0.717) is 23.4 Å². The number of fused-ring (bicyclic) bond motifs is 2. The van der Waals surface area contributed by atoms with Crippen molar-refractivity contribution in [3.8, 4) is 5.75 Å². The number of amides is 2. The van der Waals surface area contributed by atoms with Gasteiger partial charge in [-0.15, -0.1) is 0 Å². The highest BCUT2D eigenvalue weighted by Gasteiger charge is 2.31. The molecular formula is C16H21N3O3. The van der Waals surface area contributed by atoms with Gasteiger partial charge in [-0.25, -0.2) is 0 Å². The quantitative estimate of drug-likeness (QED) is 0.849. The lowest BCUT2D eigenvalue weighted by atomic mass is 10.1. The van der Waals surface area contributed by atoms with Crippen molar-refractivity contribution in [2.24, 2.45) is 5.73 Å². The molecule has 118 valence electrons. The minimum absolute atomic E-state index is 0.00771. The van der Waals surface area contributed by atoms with E-state index in [1.807, 2.05) is 4.90 Å². The molecule has 1 aromatic carbocycles. The van der Waals surface area contributed by atoms with E-state index in [4.69, 9.17) is 10.5 Å². The smallest absolute Gasteiger partial charge is 0.260 e. The summed E-state index contributed by atoms with van der Waals surface area (Å²) < 4.78 is 5.51. The van der Waals surface area contributed by atoms with Crippen LogP contribution in [0.4, 0.5) is 0 Å². The third kappa shape index (κ3) is 3.39. The van der Waals surface area contributed by atoms with E-state index in [0.717, 1.165) is 25.9 Å². The monoisotopic (exact) mass is 303 g/mol. The fraction of sp³-hybridized carbons (Fsp3) is 0.500. The molecule has 22 heavy (non-hydrogen) atoms. The minimum Gasteiger partial charge on any atom is -0.484 e. The van der Waals surface area contributed by atoms with Gasteiger partial charge < -0.3 is 20.7 Å². The van der Waals surface area contributed by atoms with Gasteiger partial charge in [0.15, 0.2) is 6.61 Å². The van der Waals surface area contributed by atoms with Crippen LogP contribution >= 0.6 is 0 Å². The zero-order chi connectivity index (χ0) is 15.5. The number of nitrogens with zero attached hydrogens (tertiary/aromatic N) is 1. The maximum atomic E-state index is 12.3. The average Bonchev–Trinajstić information content (AvgIpc) is 2.84. The van der Waals surface area contributed by atoms with Crippen molar-refractivity contribution >= 4 is 11.8 Å². The van der Waals surface area contributed by atoms with Crippen LogP contribution < -0.4 is 15.8 Å². The summed E-state index contributed by atoms with van der Waals surface area (Å²) in [5.74, 6) is 0.0934. The molecule has 0 spiro atoms. The molecule has 0 aliphatic carbocycles. The lowest BCUT2D eigenvalue weighted by Gasteiger charge is -2.24. The molecule has 2 amide bonds. The van der Waals surface area contributed by atoms with Crippen LogP contribution in [0, 0.1) is 0 Å². The van der Waals surface area contributed by atoms with E-state index in [-0.39, 0.29) is 12.5 Å². The zero-order valence-corrected chi connectivity index (χ0v) is 12.5. The van der Waals surface area contributed by atoms with Crippen LogP contribution in [0.2, 0.25) is 0 Å². The number of primary amides is 1. The van der Waals surface area contributed by atoms with Crippen LogP contribution in [0.15, 0.2) is 24.3 Å². The fourth-order valence-corrected chi connectivity index (χ4v) is 3.12. The second kappa shape index (κ2) is 6.36. The Morgan fingerprint density at radius 1 is 1.18 bits per heavy atom. The molecule has 0 saturated carbocycles. The zero-order valence-electron chi connectivity index (χ0n) is 12.5. The van der Waals surface area contributed by atoms with Crippen LogP contribution in [0.5, 0.6) is 5.75 Å². The standard InChI is InChI=1S/C16H21N3O3/c17-16(21)11-1-5-14(6-2-11)22-10-15(20)19-8-7-12-3-4-13(9-19)18-12/h1-2,5-6,12-13,18H,3-4,7-10H2,(H2,17,21). The van der Waals surface area contributed by atoms with Crippen LogP contribution in [-0.4, -0.2) is 48.5 Å². The van der Waals surface area contributed by atoms with Gasteiger partial charge in [-0.2, -0.15) is 0 Å². The second-order valence-electron chi connectivity index (χ2n) is 5.94. The van der Waals surface area contributed by atoms with E-state index in [2.05, 4.69) is 5.32 Å². The lowest BCUT2D eigenvalue weighted by molar-refractivity contribution is -0.133. The van der Waals surface area contributed by atoms with Gasteiger partial charge in [-0.05, 0) is 43.5 Å². The molecule has 2 fully saturated rings. The maximum Gasteiger partial charge on any atom is 0.260 e. The van der Waals surface area contributed by atoms with Crippen molar-refractivity contribution in [1.82, 2.24) is 10.2 Å². The third-order valence-electron chi connectivity index (χ3n) is 4.38. The van der Waals surface area contributed by atoms with Gasteiger partial charge in [-0.3, -0.25) is 9.59 Å². The largest absolute Gasteiger partial charge is 0.484 e. The summed E-state index contributed by atoms with van der Waals surface area (Å²) in [6, 6.07) is 7.48. The van der Waals surface area contributed by atoms with Crippen molar-refractivity contribution in [2.45, 2.75) is 31.3 Å². The predicted octanol–water partition coefficient (Wildman–Crippen LogP) is 0.517. The Morgan fingerprint density at radius 2 is 1.91 bits per heavy atom. The van der Waals surface area contributed by atoms with E-state index < -0.39 is 5.91 Å². The first-order valence-electron chi connectivity index (χ1n) is 7.68. The number of nitrogens with two attached hydrogens (primary N) is 1. The van der Waals surface area contributed by atoms with Gasteiger partial charge in [-0.1, -0.05) is 0 Å². The van der Waals surface area contributed by atoms with Gasteiger partial charge in [0.1, 0.15) is 5.75 Å². The Kier molecular flexibility index (Phi) is 4.29. The van der Waals surface area contributed by atoms with Crippen molar-refractivity contribution in [3.05, 3.63) is 29.8 Å². The second-order valence-corrected chi connectivity index (χ2v) is 5.94. The molecule has 2 aliphatic rings. The van der Waals surface area contributed by atoms with Gasteiger partial charge in [0.25, 0.3) is 5.91 Å². The Hall–Kier alpha value is -2.08. The number of hydrogen-bond donors (Lipinski definition) is 2. The summed E-state index contributed by atoms with van der Waals surface area (Å²) in [6.07, 6.45) is 3.37. The van der Waals surface area contributed by atoms with Gasteiger partial charge in [0.05, 0.1) is 0 Å². The highest BCUT2D eigenvalue weighted by molar-refractivity contribution is 5.92. The Morgan fingerprint density at radius 3 is 2.64 bits per heavy atom. The molecule has 3 rings (SSSR count). The molecule has 2 aliphatic heterocycles. The number of benzene rings is 1. The molecule has 2 bridgehead atoms. The first-order valence-corrected chi connectivity index (χ1v) is 7.68. The number of carbonyl (C=O) groups excluding carboxylic acids is 2. The van der Waals surface area contributed by atoms with E-state index in [9.17, 15) is 9.59 Å². The van der Waals surface area contributed by atoms with Crippen LogP contribution in [0.1, 0.15) is 29.6 Å². The SMILES string of the molecule is NC(=O)c1ccc(OCC(=O)N2CCC3CCC(C2)N3)cc1. The minimum atomic E-state index is -0.477. The predicted molar refractivity (Wildman–Crippen MR) is 81.6 cm³/mol. The Bertz CT molecular complexity index is 558. The van der Waals surface area contributed by atoms with Crippen LogP contribution in [-0.2, 0) is 4.79 Å². The third-order valence-corrected chi connectivity index (χ3v) is 4.38. The number of nitrogens with one attached hydrogen (secondary N) is 1. The number of likely N-dealkylation sites (tertiary alicyclic amines) is 1. The highest BCUT2D eigenvalue weighted by atomic mass is 16.5. The molecule has 0 aromatic heterocycles. The lowest BCUT2D eigenvalue weighted by Crippen LogP contribution is -2.41. The summed E-state index contributed by atoms with van der Waals surface area (Å²) in [4.78, 5) is 25.2. The molecule has 2 unspecified atom stereocenters. The molecule has 3 N–H and O–H groups in total. The van der Waals surface area contributed by atoms with E-state index in [1.54, 1.807) is 24.3 Å². The van der Waals surface area contributed by atoms with Crippen molar-refractivity contribution < 1.29 is 14.3 Å². The average molecular weight is 303 g/mol. The van der Waals surface area contributed by atoms with Crippen molar-refractivity contribution in [3.63, 3.8) is 0 Å². The number of hydrogen-bond acceptors (Lipinski definition) is 4. The normalized spacial score (nSPS) is 23.9. The Labute approximate surface area is 129 Å². The highest BCUT2D eigenvalue weighted by Crippen LogP contribution is 2.20. The molecule has 6 nitrogen and oxygen atoms in total. The topological polar surface area (TPSA) is 84.7 Å². The molecule has 2 heterocycles. The number of ether oxygens (including phenoxy) is 1. The number of carbonyl (C=O) groups is 2. The van der Waals surface area contributed by atoms with E-state index >= 15 is 0 Å². The maximum absolute atomic E-state index is 12.3. The first kappa shape index (κ1) is 14.8. The summed E-state index contributed by atoms with van der Waals surface area (Å²) in [7, 11) is 0. The first-order chi connectivity index (χ1) is 10.6. The van der Waals surface area contributed by atoms with E-state index in [1.165, 1.54) is 6.42 Å². The molecule has 6 heteroatoms. The van der Waals surface area contributed by atoms with Crippen molar-refractivity contribution in [2.75, 3.05) is 19.7 Å². The summed E-state index contributed by atoms with van der Waals surface area (Å²) >= 11 is 0. The van der Waals surface area contributed by atoms with Crippen molar-refractivity contribution in [1.29, 1.82) is 0 Å².